The van der Waals surface area contributed by atoms with Crippen molar-refractivity contribution < 1.29 is 13.2 Å². The second-order valence-corrected chi connectivity index (χ2v) is 8.29. The van der Waals surface area contributed by atoms with Crippen LogP contribution in [0, 0.1) is 6.92 Å². The van der Waals surface area contributed by atoms with Crippen LogP contribution in [-0.4, -0.2) is 35.7 Å². The zero-order chi connectivity index (χ0) is 17.2. The molecule has 1 N–H and O–H groups in total. The summed E-state index contributed by atoms with van der Waals surface area (Å²) >= 11 is 0. The van der Waals surface area contributed by atoms with Crippen molar-refractivity contribution in [1.29, 1.82) is 0 Å². The van der Waals surface area contributed by atoms with Crippen molar-refractivity contribution in [3.8, 4) is 0 Å². The fourth-order valence-electron chi connectivity index (χ4n) is 2.87. The molecule has 1 aromatic carbocycles. The molecule has 7 heteroatoms. The van der Waals surface area contributed by atoms with Crippen LogP contribution in [0.2, 0.25) is 0 Å². The third kappa shape index (κ3) is 3.84. The van der Waals surface area contributed by atoms with Crippen LogP contribution in [0.25, 0.3) is 0 Å². The predicted octanol–water partition coefficient (Wildman–Crippen LogP) is 1.49. The Labute approximate surface area is 141 Å². The Morgan fingerprint density at radius 2 is 2.08 bits per heavy atom. The van der Waals surface area contributed by atoms with Gasteiger partial charge < -0.3 is 9.88 Å². The molecule has 2 heterocycles. The molecule has 24 heavy (non-hydrogen) atoms. The van der Waals surface area contributed by atoms with Crippen LogP contribution in [0.4, 0.5) is 0 Å². The number of nitrogens with zero attached hydrogens (tertiary/aromatic N) is 2. The van der Waals surface area contributed by atoms with Crippen LogP contribution in [0.1, 0.15) is 24.2 Å². The van der Waals surface area contributed by atoms with Crippen molar-refractivity contribution in [2.75, 3.05) is 5.75 Å². The molecule has 2 aromatic rings. The van der Waals surface area contributed by atoms with E-state index in [-0.39, 0.29) is 29.0 Å². The average Bonchev–Trinajstić information content (AvgIpc) is 3.01. The Kier molecular flexibility index (Phi) is 4.71. The number of carbonyl (C=O) groups excluding carboxylic acids is 1. The Balaban J connectivity index is 1.53. The number of nitrogens with one attached hydrogen (secondary N) is 1. The van der Waals surface area contributed by atoms with Crippen molar-refractivity contribution in [2.45, 2.75) is 43.7 Å². The molecular formula is C17H21N3O3S. The number of hydrogen-bond acceptors (Lipinski definition) is 4. The van der Waals surface area contributed by atoms with Crippen molar-refractivity contribution in [3.63, 3.8) is 0 Å². The fourth-order valence-corrected chi connectivity index (χ4v) is 4.12. The van der Waals surface area contributed by atoms with E-state index in [1.54, 1.807) is 30.5 Å². The predicted molar refractivity (Wildman–Crippen MR) is 90.3 cm³/mol. The second kappa shape index (κ2) is 6.76. The Morgan fingerprint density at radius 3 is 2.83 bits per heavy atom. The topological polar surface area (TPSA) is 81.1 Å². The molecule has 1 aromatic heterocycles. The molecule has 1 aliphatic rings. The summed E-state index contributed by atoms with van der Waals surface area (Å²) in [6, 6.07) is 6.73. The SMILES string of the molecule is Cc1ccc(S(=O)(=O)CCC(=O)N[C@H]2CCc3nccn3C2)cc1. The maximum absolute atomic E-state index is 12.3. The number of imidazole rings is 1. The molecule has 0 unspecified atom stereocenters. The van der Waals surface area contributed by atoms with Crippen LogP contribution in [0.15, 0.2) is 41.6 Å². The normalized spacial score (nSPS) is 17.3. The minimum absolute atomic E-state index is 0.0243. The lowest BCUT2D eigenvalue weighted by Gasteiger charge is -2.24. The lowest BCUT2D eigenvalue weighted by Crippen LogP contribution is -2.41. The summed E-state index contributed by atoms with van der Waals surface area (Å²) in [4.78, 5) is 16.6. The molecular weight excluding hydrogens is 326 g/mol. The van der Waals surface area contributed by atoms with Crippen molar-refractivity contribution in [3.05, 3.63) is 48.0 Å². The van der Waals surface area contributed by atoms with Gasteiger partial charge >= 0.3 is 0 Å². The number of sulfone groups is 1. The van der Waals surface area contributed by atoms with Crippen LogP contribution < -0.4 is 5.32 Å². The minimum atomic E-state index is -3.43. The number of hydrogen-bond donors (Lipinski definition) is 1. The average molecular weight is 347 g/mol. The first kappa shape index (κ1) is 16.7. The maximum atomic E-state index is 12.3. The number of carbonyl (C=O) groups is 1. The molecule has 3 rings (SSSR count). The zero-order valence-corrected chi connectivity index (χ0v) is 14.4. The number of amides is 1. The monoisotopic (exact) mass is 347 g/mol. The first-order chi connectivity index (χ1) is 11.4. The van der Waals surface area contributed by atoms with Gasteiger partial charge in [-0.15, -0.1) is 0 Å². The highest BCUT2D eigenvalue weighted by Gasteiger charge is 2.22. The molecule has 0 saturated carbocycles. The van der Waals surface area contributed by atoms with Crippen LogP contribution in [-0.2, 0) is 27.6 Å². The van der Waals surface area contributed by atoms with Gasteiger partial charge in [0.1, 0.15) is 5.82 Å². The quantitative estimate of drug-likeness (QED) is 0.888. The molecule has 6 nitrogen and oxygen atoms in total. The second-order valence-electron chi connectivity index (χ2n) is 6.18. The largest absolute Gasteiger partial charge is 0.352 e. The van der Waals surface area contributed by atoms with Crippen molar-refractivity contribution in [2.24, 2.45) is 0 Å². The third-order valence-corrected chi connectivity index (χ3v) is 6.01. The van der Waals surface area contributed by atoms with E-state index in [1.807, 2.05) is 17.7 Å². The summed E-state index contributed by atoms with van der Waals surface area (Å²) in [5.41, 5.74) is 1.00. The Bertz CT molecular complexity index is 825. The van der Waals surface area contributed by atoms with E-state index in [0.717, 1.165) is 24.2 Å². The molecule has 128 valence electrons. The summed E-state index contributed by atoms with van der Waals surface area (Å²) in [7, 11) is -3.43. The van der Waals surface area contributed by atoms with Gasteiger partial charge in [-0.3, -0.25) is 4.79 Å². The van der Waals surface area contributed by atoms with Crippen LogP contribution >= 0.6 is 0 Å². The van der Waals surface area contributed by atoms with E-state index in [9.17, 15) is 13.2 Å². The molecule has 0 spiro atoms. The van der Waals surface area contributed by atoms with Gasteiger partial charge in [-0.05, 0) is 25.5 Å². The highest BCUT2D eigenvalue weighted by Crippen LogP contribution is 2.15. The first-order valence-electron chi connectivity index (χ1n) is 8.03. The summed E-state index contributed by atoms with van der Waals surface area (Å²) in [5.74, 6) is 0.631. The van der Waals surface area contributed by atoms with Gasteiger partial charge in [-0.1, -0.05) is 17.7 Å². The summed E-state index contributed by atoms with van der Waals surface area (Å²) in [6.45, 7) is 2.59. The molecule has 0 aliphatic carbocycles. The van der Waals surface area contributed by atoms with E-state index in [2.05, 4.69) is 10.3 Å². The van der Waals surface area contributed by atoms with Crippen LogP contribution in [0.5, 0.6) is 0 Å². The molecule has 1 amide bonds. The van der Waals surface area contributed by atoms with Gasteiger partial charge in [0.05, 0.1) is 10.6 Å². The standard InChI is InChI=1S/C17H21N3O3S/c1-13-2-5-15(6-3-13)24(22,23)11-8-17(21)19-14-4-7-16-18-9-10-20(16)12-14/h2-3,5-6,9-10,14H,4,7-8,11-12H2,1H3,(H,19,21)/t14-/m0/s1. The van der Waals surface area contributed by atoms with Crippen LogP contribution in [0.3, 0.4) is 0 Å². The summed E-state index contributed by atoms with van der Waals surface area (Å²) in [5, 5.41) is 2.93. The summed E-state index contributed by atoms with van der Waals surface area (Å²) in [6.07, 6.45) is 5.28. The molecule has 0 radical (unpaired) electrons. The molecule has 0 fully saturated rings. The van der Waals surface area contributed by atoms with E-state index >= 15 is 0 Å². The van der Waals surface area contributed by atoms with Gasteiger partial charge in [-0.25, -0.2) is 13.4 Å². The fraction of sp³-hybridized carbons (Fsp3) is 0.412. The smallest absolute Gasteiger partial charge is 0.221 e. The van der Waals surface area contributed by atoms with E-state index in [1.165, 1.54) is 0 Å². The third-order valence-electron chi connectivity index (χ3n) is 4.28. The molecule has 0 bridgehead atoms. The van der Waals surface area contributed by atoms with Crippen molar-refractivity contribution in [1.82, 2.24) is 14.9 Å². The Hall–Kier alpha value is -2.15. The number of benzene rings is 1. The summed E-state index contributed by atoms with van der Waals surface area (Å²) < 4.78 is 26.6. The molecule has 1 atom stereocenters. The molecule has 1 aliphatic heterocycles. The highest BCUT2D eigenvalue weighted by atomic mass is 32.2. The van der Waals surface area contributed by atoms with Gasteiger partial charge in [0, 0.05) is 37.8 Å². The molecule has 0 saturated heterocycles. The number of fused-ring (bicyclic) bond motifs is 1. The van der Waals surface area contributed by atoms with Gasteiger partial charge in [-0.2, -0.15) is 0 Å². The number of aromatic nitrogens is 2. The minimum Gasteiger partial charge on any atom is -0.352 e. The van der Waals surface area contributed by atoms with Gasteiger partial charge in [0.2, 0.25) is 5.91 Å². The maximum Gasteiger partial charge on any atom is 0.221 e. The first-order valence-corrected chi connectivity index (χ1v) is 9.68. The van der Waals surface area contributed by atoms with E-state index in [0.29, 0.717) is 6.54 Å². The lowest BCUT2D eigenvalue weighted by molar-refractivity contribution is -0.121. The highest BCUT2D eigenvalue weighted by molar-refractivity contribution is 7.91. The van der Waals surface area contributed by atoms with Gasteiger partial charge in [0.25, 0.3) is 0 Å². The lowest BCUT2D eigenvalue weighted by atomic mass is 10.1. The zero-order valence-electron chi connectivity index (χ0n) is 13.6. The van der Waals surface area contributed by atoms with E-state index < -0.39 is 9.84 Å². The Morgan fingerprint density at radius 1 is 1.33 bits per heavy atom. The van der Waals surface area contributed by atoms with Crippen molar-refractivity contribution >= 4 is 15.7 Å². The van der Waals surface area contributed by atoms with E-state index in [4.69, 9.17) is 0 Å². The number of aryl methyl sites for hydroxylation is 2. The number of rotatable bonds is 5. The van der Waals surface area contributed by atoms with Gasteiger partial charge in [0.15, 0.2) is 9.84 Å².